The quantitative estimate of drug-likeness (QED) is 0.529. The minimum absolute atomic E-state index is 0.324. The number of carbonyl (C=O) groups is 2. The molecule has 0 fully saturated rings. The van der Waals surface area contributed by atoms with E-state index in [2.05, 4.69) is 27.7 Å². The van der Waals surface area contributed by atoms with Crippen LogP contribution in [0.2, 0.25) is 0 Å². The molecule has 0 aromatic heterocycles. The molecule has 0 aliphatic heterocycles. The maximum atomic E-state index is 10.1. The maximum absolute atomic E-state index is 10.1. The van der Waals surface area contributed by atoms with Gasteiger partial charge < -0.3 is 10.2 Å². The monoisotopic (exact) mass is 302 g/mol. The molecule has 0 saturated heterocycles. The summed E-state index contributed by atoms with van der Waals surface area (Å²) in [4.78, 5) is 20.2. The second kappa shape index (κ2) is 15.3. The van der Waals surface area contributed by atoms with E-state index in [1.807, 2.05) is 0 Å². The van der Waals surface area contributed by atoms with E-state index < -0.39 is 11.9 Å². The van der Waals surface area contributed by atoms with E-state index in [0.29, 0.717) is 18.8 Å². The lowest BCUT2D eigenvalue weighted by molar-refractivity contribution is -0.138. The normalized spacial score (nSPS) is 11.7. The first-order valence-electron chi connectivity index (χ1n) is 8.23. The van der Waals surface area contributed by atoms with Crippen LogP contribution in [0.15, 0.2) is 0 Å². The number of carboxylic acids is 2. The van der Waals surface area contributed by atoms with Gasteiger partial charge >= 0.3 is 11.9 Å². The number of hydrogen-bond acceptors (Lipinski definition) is 2. The van der Waals surface area contributed by atoms with Crippen molar-refractivity contribution in [3.05, 3.63) is 0 Å². The minimum atomic E-state index is -0.677. The SMILES string of the molecule is CC(C)CCCCCC(=O)O.CCC(C)CCCC(=O)O. The van der Waals surface area contributed by atoms with Gasteiger partial charge in [0.05, 0.1) is 0 Å². The molecular formula is C17H34O4. The molecule has 21 heavy (non-hydrogen) atoms. The van der Waals surface area contributed by atoms with E-state index in [4.69, 9.17) is 10.2 Å². The summed E-state index contributed by atoms with van der Waals surface area (Å²) in [5.74, 6) is 0.0806. The molecule has 1 unspecified atom stereocenters. The Bertz CT molecular complexity index is 262. The van der Waals surface area contributed by atoms with Crippen LogP contribution in [0.1, 0.15) is 85.5 Å². The fraction of sp³-hybridized carbons (Fsp3) is 0.882. The molecule has 0 rings (SSSR count). The molecule has 4 heteroatoms. The van der Waals surface area contributed by atoms with Crippen molar-refractivity contribution in [2.75, 3.05) is 0 Å². The van der Waals surface area contributed by atoms with Gasteiger partial charge in [-0.05, 0) is 24.7 Å². The van der Waals surface area contributed by atoms with Crippen molar-refractivity contribution in [1.29, 1.82) is 0 Å². The van der Waals surface area contributed by atoms with Gasteiger partial charge in [0.2, 0.25) is 0 Å². The number of aliphatic carboxylic acids is 2. The summed E-state index contributed by atoms with van der Waals surface area (Å²) in [5.41, 5.74) is 0. The van der Waals surface area contributed by atoms with Crippen molar-refractivity contribution in [3.8, 4) is 0 Å². The molecule has 0 aliphatic rings. The standard InChI is InChI=1S/C9H18O2.C8H16O2/c1-8(2)6-4-3-5-7-9(10)11;1-3-7(2)5-4-6-8(9)10/h8H,3-7H2,1-2H3,(H,10,11);7H,3-6H2,1-2H3,(H,9,10). The van der Waals surface area contributed by atoms with Gasteiger partial charge in [0.1, 0.15) is 0 Å². The zero-order valence-electron chi connectivity index (χ0n) is 14.2. The smallest absolute Gasteiger partial charge is 0.303 e. The zero-order chi connectivity index (χ0) is 16.7. The third-order valence-electron chi connectivity index (χ3n) is 3.46. The molecule has 0 radical (unpaired) electrons. The molecule has 0 aliphatic carbocycles. The van der Waals surface area contributed by atoms with Crippen LogP contribution >= 0.6 is 0 Å². The molecule has 0 bridgehead atoms. The van der Waals surface area contributed by atoms with E-state index in [1.54, 1.807) is 0 Å². The molecule has 126 valence electrons. The molecule has 4 nitrogen and oxygen atoms in total. The first-order chi connectivity index (χ1) is 9.79. The van der Waals surface area contributed by atoms with Crippen LogP contribution < -0.4 is 0 Å². The molecule has 1 atom stereocenters. The van der Waals surface area contributed by atoms with Gasteiger partial charge in [0, 0.05) is 12.8 Å². The number of carboxylic acid groups (broad SMARTS) is 2. The van der Waals surface area contributed by atoms with E-state index in [-0.39, 0.29) is 0 Å². The van der Waals surface area contributed by atoms with Crippen molar-refractivity contribution in [2.45, 2.75) is 85.5 Å². The van der Waals surface area contributed by atoms with Crippen LogP contribution in [-0.2, 0) is 9.59 Å². The van der Waals surface area contributed by atoms with Gasteiger partial charge in [-0.3, -0.25) is 9.59 Å². The molecular weight excluding hydrogens is 268 g/mol. The van der Waals surface area contributed by atoms with Crippen LogP contribution in [0.25, 0.3) is 0 Å². The fourth-order valence-corrected chi connectivity index (χ4v) is 1.81. The summed E-state index contributed by atoms with van der Waals surface area (Å²) in [7, 11) is 0. The van der Waals surface area contributed by atoms with Gasteiger partial charge in [0.15, 0.2) is 0 Å². The summed E-state index contributed by atoms with van der Waals surface area (Å²) >= 11 is 0. The van der Waals surface area contributed by atoms with Crippen molar-refractivity contribution < 1.29 is 19.8 Å². The van der Waals surface area contributed by atoms with Gasteiger partial charge in [-0.2, -0.15) is 0 Å². The summed E-state index contributed by atoms with van der Waals surface area (Å²) in [6.45, 7) is 8.67. The fourth-order valence-electron chi connectivity index (χ4n) is 1.81. The van der Waals surface area contributed by atoms with E-state index in [0.717, 1.165) is 38.0 Å². The molecule has 0 amide bonds. The molecule has 0 saturated carbocycles. The summed E-state index contributed by atoms with van der Waals surface area (Å²) in [5, 5.41) is 16.6. The Morgan fingerprint density at radius 3 is 1.76 bits per heavy atom. The molecule has 2 N–H and O–H groups in total. The molecule has 0 heterocycles. The van der Waals surface area contributed by atoms with Crippen LogP contribution in [-0.4, -0.2) is 22.2 Å². The second-order valence-corrected chi connectivity index (χ2v) is 6.19. The van der Waals surface area contributed by atoms with Crippen LogP contribution in [0.5, 0.6) is 0 Å². The summed E-state index contributed by atoms with van der Waals surface area (Å²) in [6, 6.07) is 0. The predicted octanol–water partition coefficient (Wildman–Crippen LogP) is 4.96. The van der Waals surface area contributed by atoms with Crippen LogP contribution in [0.3, 0.4) is 0 Å². The lowest BCUT2D eigenvalue weighted by atomic mass is 10.0. The lowest BCUT2D eigenvalue weighted by Crippen LogP contribution is -1.97. The highest BCUT2D eigenvalue weighted by atomic mass is 16.4. The van der Waals surface area contributed by atoms with Crippen molar-refractivity contribution in [3.63, 3.8) is 0 Å². The Morgan fingerprint density at radius 1 is 0.810 bits per heavy atom. The van der Waals surface area contributed by atoms with Crippen LogP contribution in [0, 0.1) is 11.8 Å². The molecule has 0 aromatic carbocycles. The van der Waals surface area contributed by atoms with Crippen molar-refractivity contribution >= 4 is 11.9 Å². The Balaban J connectivity index is 0. The Morgan fingerprint density at radius 2 is 1.33 bits per heavy atom. The maximum Gasteiger partial charge on any atom is 0.303 e. The summed E-state index contributed by atoms with van der Waals surface area (Å²) < 4.78 is 0. The Hall–Kier alpha value is -1.06. The zero-order valence-corrected chi connectivity index (χ0v) is 14.2. The highest BCUT2D eigenvalue weighted by Crippen LogP contribution is 2.10. The average Bonchev–Trinajstić information content (AvgIpc) is 2.37. The third kappa shape index (κ3) is 24.4. The molecule has 0 aromatic rings. The van der Waals surface area contributed by atoms with Gasteiger partial charge in [-0.1, -0.05) is 59.8 Å². The number of unbranched alkanes of at least 4 members (excludes halogenated alkanes) is 2. The van der Waals surface area contributed by atoms with E-state index in [1.165, 1.54) is 12.8 Å². The number of hydrogen-bond donors (Lipinski definition) is 2. The van der Waals surface area contributed by atoms with Gasteiger partial charge in [0.25, 0.3) is 0 Å². The first-order valence-corrected chi connectivity index (χ1v) is 8.23. The minimum Gasteiger partial charge on any atom is -0.481 e. The van der Waals surface area contributed by atoms with Gasteiger partial charge in [-0.25, -0.2) is 0 Å². The average molecular weight is 302 g/mol. The third-order valence-corrected chi connectivity index (χ3v) is 3.46. The Kier molecular flexibility index (Phi) is 16.2. The van der Waals surface area contributed by atoms with Crippen molar-refractivity contribution in [1.82, 2.24) is 0 Å². The van der Waals surface area contributed by atoms with E-state index >= 15 is 0 Å². The van der Waals surface area contributed by atoms with E-state index in [9.17, 15) is 9.59 Å². The second-order valence-electron chi connectivity index (χ2n) is 6.19. The molecule has 0 spiro atoms. The predicted molar refractivity (Wildman–Crippen MR) is 86.5 cm³/mol. The lowest BCUT2D eigenvalue weighted by Gasteiger charge is -2.04. The highest BCUT2D eigenvalue weighted by molar-refractivity contribution is 5.66. The highest BCUT2D eigenvalue weighted by Gasteiger charge is 2.00. The number of rotatable bonds is 11. The van der Waals surface area contributed by atoms with Gasteiger partial charge in [-0.15, -0.1) is 0 Å². The largest absolute Gasteiger partial charge is 0.481 e. The Labute approximate surface area is 129 Å². The summed E-state index contributed by atoms with van der Waals surface area (Å²) in [6.07, 6.45) is 7.96. The first kappa shape index (κ1) is 22.2. The topological polar surface area (TPSA) is 74.6 Å². The van der Waals surface area contributed by atoms with Crippen LogP contribution in [0.4, 0.5) is 0 Å². The van der Waals surface area contributed by atoms with Crippen molar-refractivity contribution in [2.24, 2.45) is 11.8 Å².